The molecule has 0 amide bonds. The van der Waals surface area contributed by atoms with Gasteiger partial charge in [0.25, 0.3) is 5.97 Å². The molecule has 18 heavy (non-hydrogen) atoms. The molecule has 0 fully saturated rings. The number of carbonyl (C=O) groups excluding carboxylic acids is 1. The number of hydrogen-bond acceptors (Lipinski definition) is 5. The molecule has 6 nitrogen and oxygen atoms in total. The second kappa shape index (κ2) is 4.79. The van der Waals surface area contributed by atoms with Crippen LogP contribution in [-0.4, -0.2) is 35.2 Å². The van der Waals surface area contributed by atoms with E-state index in [0.29, 0.717) is 16.6 Å². The third-order valence-electron chi connectivity index (χ3n) is 2.82. The summed E-state index contributed by atoms with van der Waals surface area (Å²) in [7, 11) is -1.25. The van der Waals surface area contributed by atoms with Crippen molar-refractivity contribution in [3.8, 4) is 0 Å². The first-order valence-corrected chi connectivity index (χ1v) is 5.45. The second-order valence-electron chi connectivity index (χ2n) is 4.20. The summed E-state index contributed by atoms with van der Waals surface area (Å²) in [5.74, 6) is -1.58. The Balaban J connectivity index is 2.24. The fraction of sp³-hybridized carbons (Fsp3) is 0.273. The number of fused-ring (bicyclic) bond motifs is 1. The predicted octanol–water partition coefficient (Wildman–Crippen LogP) is -1.57. The number of aliphatic carboxylic acids is 1. The van der Waals surface area contributed by atoms with Crippen LogP contribution in [0, 0.1) is 0 Å². The normalized spacial score (nSPS) is 15.9. The zero-order valence-corrected chi connectivity index (χ0v) is 9.50. The number of carboxylic acids is 1. The van der Waals surface area contributed by atoms with Gasteiger partial charge in [0.15, 0.2) is 0 Å². The number of nitrogens with two attached hydrogens (primary N) is 1. The van der Waals surface area contributed by atoms with E-state index >= 15 is 0 Å². The Labute approximate surface area is 104 Å². The fourth-order valence-electron chi connectivity index (χ4n) is 1.91. The molecule has 0 saturated carbocycles. The van der Waals surface area contributed by atoms with Crippen LogP contribution in [0.2, 0.25) is 0 Å². The topological polar surface area (TPSA) is 110 Å². The van der Waals surface area contributed by atoms with Crippen LogP contribution in [0.3, 0.4) is 0 Å². The molecule has 94 valence electrons. The highest BCUT2D eigenvalue weighted by Gasteiger charge is 2.30. The third kappa shape index (κ3) is 2.52. The molecule has 1 heterocycles. The van der Waals surface area contributed by atoms with Crippen molar-refractivity contribution in [1.29, 1.82) is 0 Å². The summed E-state index contributed by atoms with van der Waals surface area (Å²) in [6, 6.07) is 3.99. The van der Waals surface area contributed by atoms with Crippen molar-refractivity contribution in [2.45, 2.75) is 18.9 Å². The van der Waals surface area contributed by atoms with Crippen LogP contribution in [0.1, 0.15) is 11.1 Å². The Hall–Kier alpha value is -1.86. The molecule has 2 rings (SSSR count). The quantitative estimate of drug-likeness (QED) is 0.558. The molecule has 1 aromatic rings. The third-order valence-corrected chi connectivity index (χ3v) is 2.82. The Morgan fingerprint density at radius 2 is 2.28 bits per heavy atom. The van der Waals surface area contributed by atoms with E-state index in [9.17, 15) is 14.6 Å². The monoisotopic (exact) mass is 249 g/mol. The minimum absolute atomic E-state index is 0.0720. The number of rotatable bonds is 3. The highest BCUT2D eigenvalue weighted by molar-refractivity contribution is 6.63. The standard InChI is InChI=1S/C11H12BNO5/c13-9(11(15)16)4-6-1-2-8-7(3-6)5-10(14)18-12(8)17/h1-3,9,17H,4-5,13H2,(H,15,16)/t9-/m0/s1. The summed E-state index contributed by atoms with van der Waals surface area (Å²) in [5.41, 5.74) is 7.33. The van der Waals surface area contributed by atoms with E-state index in [2.05, 4.69) is 4.65 Å². The van der Waals surface area contributed by atoms with E-state index < -0.39 is 25.1 Å². The van der Waals surface area contributed by atoms with Crippen molar-refractivity contribution in [2.75, 3.05) is 0 Å². The zero-order chi connectivity index (χ0) is 13.3. The second-order valence-corrected chi connectivity index (χ2v) is 4.20. The molecule has 0 bridgehead atoms. The van der Waals surface area contributed by atoms with Crippen molar-refractivity contribution in [1.82, 2.24) is 0 Å². The maximum Gasteiger partial charge on any atom is 0.562 e. The van der Waals surface area contributed by atoms with Gasteiger partial charge in [-0.1, -0.05) is 18.2 Å². The molecule has 0 radical (unpaired) electrons. The highest BCUT2D eigenvalue weighted by Crippen LogP contribution is 2.12. The van der Waals surface area contributed by atoms with Crippen molar-refractivity contribution >= 4 is 24.5 Å². The predicted molar refractivity (Wildman–Crippen MR) is 63.2 cm³/mol. The van der Waals surface area contributed by atoms with Crippen LogP contribution >= 0.6 is 0 Å². The fourth-order valence-corrected chi connectivity index (χ4v) is 1.91. The van der Waals surface area contributed by atoms with Crippen molar-refractivity contribution in [3.05, 3.63) is 29.3 Å². The molecular formula is C11H12BNO5. The van der Waals surface area contributed by atoms with Crippen LogP contribution in [0.15, 0.2) is 18.2 Å². The smallest absolute Gasteiger partial charge is 0.506 e. The molecular weight excluding hydrogens is 237 g/mol. The molecule has 0 aliphatic carbocycles. The van der Waals surface area contributed by atoms with Crippen molar-refractivity contribution in [3.63, 3.8) is 0 Å². The van der Waals surface area contributed by atoms with Gasteiger partial charge in [-0.3, -0.25) is 9.59 Å². The first-order valence-electron chi connectivity index (χ1n) is 5.45. The lowest BCUT2D eigenvalue weighted by Crippen LogP contribution is -2.43. The Bertz CT molecular complexity index is 504. The molecule has 0 saturated heterocycles. The van der Waals surface area contributed by atoms with E-state index in [-0.39, 0.29) is 12.8 Å². The number of benzene rings is 1. The van der Waals surface area contributed by atoms with E-state index in [1.165, 1.54) is 0 Å². The van der Waals surface area contributed by atoms with Gasteiger partial charge in [0, 0.05) is 5.46 Å². The number of carbonyl (C=O) groups is 2. The summed E-state index contributed by atoms with van der Waals surface area (Å²) in [6.45, 7) is 0. The van der Waals surface area contributed by atoms with Gasteiger partial charge in [0.2, 0.25) is 0 Å². The molecule has 1 aliphatic heterocycles. The largest absolute Gasteiger partial charge is 0.562 e. The zero-order valence-electron chi connectivity index (χ0n) is 9.50. The summed E-state index contributed by atoms with van der Waals surface area (Å²) in [5, 5.41) is 18.3. The van der Waals surface area contributed by atoms with Crippen molar-refractivity contribution in [2.24, 2.45) is 5.73 Å². The SMILES string of the molecule is N[C@@H](Cc1ccc2c(c1)CC(=O)OB2O)C(=O)O. The van der Waals surface area contributed by atoms with Gasteiger partial charge in [-0.15, -0.1) is 0 Å². The molecule has 0 spiro atoms. The maximum absolute atomic E-state index is 11.2. The number of carboxylic acid groups (broad SMARTS) is 1. The van der Waals surface area contributed by atoms with Crippen molar-refractivity contribution < 1.29 is 24.4 Å². The van der Waals surface area contributed by atoms with Crippen LogP contribution < -0.4 is 11.2 Å². The van der Waals surface area contributed by atoms with Gasteiger partial charge in [-0.2, -0.15) is 0 Å². The van der Waals surface area contributed by atoms with Gasteiger partial charge in [-0.05, 0) is 17.5 Å². The van der Waals surface area contributed by atoms with E-state index in [4.69, 9.17) is 10.8 Å². The lowest BCUT2D eigenvalue weighted by Gasteiger charge is -2.19. The first-order chi connectivity index (χ1) is 8.47. The van der Waals surface area contributed by atoms with Crippen LogP contribution in [0.5, 0.6) is 0 Å². The van der Waals surface area contributed by atoms with Gasteiger partial charge >= 0.3 is 13.1 Å². The Morgan fingerprint density at radius 3 is 2.94 bits per heavy atom. The summed E-state index contributed by atoms with van der Waals surface area (Å²) >= 11 is 0. The minimum Gasteiger partial charge on any atom is -0.506 e. The highest BCUT2D eigenvalue weighted by atomic mass is 16.6. The first kappa shape index (κ1) is 12.6. The molecule has 1 aromatic carbocycles. The molecule has 1 aliphatic rings. The maximum atomic E-state index is 11.2. The van der Waals surface area contributed by atoms with Crippen LogP contribution in [-0.2, 0) is 27.1 Å². The summed E-state index contributed by atoms with van der Waals surface area (Å²) < 4.78 is 4.67. The van der Waals surface area contributed by atoms with Gasteiger partial charge < -0.3 is 20.5 Å². The minimum atomic E-state index is -1.25. The number of hydrogen-bond donors (Lipinski definition) is 3. The average Bonchev–Trinajstić information content (AvgIpc) is 2.27. The lowest BCUT2D eigenvalue weighted by molar-refractivity contribution is -0.138. The van der Waals surface area contributed by atoms with E-state index in [0.717, 1.165) is 0 Å². The summed E-state index contributed by atoms with van der Waals surface area (Å²) in [6.07, 6.45) is 0.246. The van der Waals surface area contributed by atoms with E-state index in [1.807, 2.05) is 0 Å². The average molecular weight is 249 g/mol. The molecule has 4 N–H and O–H groups in total. The van der Waals surface area contributed by atoms with Gasteiger partial charge in [-0.25, -0.2) is 0 Å². The van der Waals surface area contributed by atoms with Crippen LogP contribution in [0.25, 0.3) is 0 Å². The molecule has 7 heteroatoms. The lowest BCUT2D eigenvalue weighted by atomic mass is 9.73. The Kier molecular flexibility index (Phi) is 3.35. The van der Waals surface area contributed by atoms with E-state index in [1.54, 1.807) is 18.2 Å². The Morgan fingerprint density at radius 1 is 1.56 bits per heavy atom. The molecule has 1 atom stereocenters. The van der Waals surface area contributed by atoms with Crippen LogP contribution in [0.4, 0.5) is 0 Å². The van der Waals surface area contributed by atoms with Gasteiger partial charge in [0.05, 0.1) is 6.42 Å². The molecule has 0 unspecified atom stereocenters. The van der Waals surface area contributed by atoms with Gasteiger partial charge in [0.1, 0.15) is 6.04 Å². The summed E-state index contributed by atoms with van der Waals surface area (Å²) in [4.78, 5) is 21.8. The molecule has 0 aromatic heterocycles.